The van der Waals surface area contributed by atoms with Gasteiger partial charge >= 0.3 is 5.97 Å². The molecule has 0 bridgehead atoms. The molecule has 114 valence electrons. The predicted octanol–water partition coefficient (Wildman–Crippen LogP) is 1.35. The van der Waals surface area contributed by atoms with E-state index in [0.29, 0.717) is 13.1 Å². The first-order valence-corrected chi connectivity index (χ1v) is 7.23. The van der Waals surface area contributed by atoms with Gasteiger partial charge < -0.3 is 10.0 Å². The van der Waals surface area contributed by atoms with E-state index in [1.54, 1.807) is 15.8 Å². The summed E-state index contributed by atoms with van der Waals surface area (Å²) in [6.45, 7) is 0.878. The molecule has 0 unspecified atom stereocenters. The summed E-state index contributed by atoms with van der Waals surface area (Å²) in [6, 6.07) is 9.84. The van der Waals surface area contributed by atoms with Crippen molar-refractivity contribution in [2.24, 2.45) is 5.92 Å². The van der Waals surface area contributed by atoms with Crippen molar-refractivity contribution in [2.75, 3.05) is 13.1 Å². The van der Waals surface area contributed by atoms with Gasteiger partial charge in [0.2, 0.25) is 5.91 Å². The lowest BCUT2D eigenvalue weighted by Gasteiger charge is -2.16. The van der Waals surface area contributed by atoms with Crippen molar-refractivity contribution in [3.8, 4) is 5.69 Å². The highest BCUT2D eigenvalue weighted by Gasteiger charge is 2.33. The number of benzene rings is 1. The maximum atomic E-state index is 11.8. The number of nitrogens with zero attached hydrogens (tertiary/aromatic N) is 3. The molecule has 1 fully saturated rings. The molecular weight excluding hydrogens is 282 g/mol. The van der Waals surface area contributed by atoms with Crippen molar-refractivity contribution in [1.29, 1.82) is 0 Å². The number of amides is 1. The van der Waals surface area contributed by atoms with Gasteiger partial charge in [-0.1, -0.05) is 12.1 Å². The molecule has 6 heteroatoms. The van der Waals surface area contributed by atoms with Gasteiger partial charge in [-0.3, -0.25) is 9.59 Å². The molecule has 2 aromatic rings. The topological polar surface area (TPSA) is 75.4 Å². The zero-order valence-corrected chi connectivity index (χ0v) is 12.1. The van der Waals surface area contributed by atoms with Crippen LogP contribution in [-0.2, 0) is 16.0 Å². The fourth-order valence-corrected chi connectivity index (χ4v) is 2.65. The van der Waals surface area contributed by atoms with Gasteiger partial charge in [0.1, 0.15) is 0 Å². The largest absolute Gasteiger partial charge is 0.481 e. The first-order valence-electron chi connectivity index (χ1n) is 7.23. The van der Waals surface area contributed by atoms with Gasteiger partial charge in [-0.25, -0.2) is 4.68 Å². The Labute approximate surface area is 128 Å². The van der Waals surface area contributed by atoms with Gasteiger partial charge in [-0.05, 0) is 30.2 Å². The van der Waals surface area contributed by atoms with Crippen LogP contribution in [0.2, 0.25) is 0 Å². The molecule has 1 aliphatic heterocycles. The van der Waals surface area contributed by atoms with E-state index in [0.717, 1.165) is 17.7 Å². The standard InChI is InChI=1S/C16H17N3O3/c20-15-10-13(16(21)22)11-18(15)9-6-12-2-4-14(5-3-12)19-8-1-7-17-19/h1-5,7-8,13H,6,9-11H2,(H,21,22)/t13-/m0/s1. The van der Waals surface area contributed by atoms with Crippen LogP contribution in [0.5, 0.6) is 0 Å². The zero-order valence-electron chi connectivity index (χ0n) is 12.1. The van der Waals surface area contributed by atoms with E-state index in [-0.39, 0.29) is 12.3 Å². The quantitative estimate of drug-likeness (QED) is 0.904. The van der Waals surface area contributed by atoms with Crippen LogP contribution in [-0.4, -0.2) is 44.8 Å². The average Bonchev–Trinajstić information content (AvgIpc) is 3.15. The molecule has 0 aliphatic carbocycles. The number of carboxylic acids is 1. The normalized spacial score (nSPS) is 17.9. The highest BCUT2D eigenvalue weighted by Crippen LogP contribution is 2.18. The van der Waals surface area contributed by atoms with Crippen LogP contribution in [0.15, 0.2) is 42.7 Å². The van der Waals surface area contributed by atoms with E-state index in [1.807, 2.05) is 36.5 Å². The number of carbonyl (C=O) groups excluding carboxylic acids is 1. The summed E-state index contributed by atoms with van der Waals surface area (Å²) >= 11 is 0. The summed E-state index contributed by atoms with van der Waals surface area (Å²) < 4.78 is 1.78. The van der Waals surface area contributed by atoms with Gasteiger partial charge in [-0.15, -0.1) is 0 Å². The Balaban J connectivity index is 1.58. The molecule has 22 heavy (non-hydrogen) atoms. The fourth-order valence-electron chi connectivity index (χ4n) is 2.65. The van der Waals surface area contributed by atoms with Crippen LogP contribution < -0.4 is 0 Å². The number of hydrogen-bond acceptors (Lipinski definition) is 3. The van der Waals surface area contributed by atoms with Gasteiger partial charge in [0.25, 0.3) is 0 Å². The lowest BCUT2D eigenvalue weighted by atomic mass is 10.1. The monoisotopic (exact) mass is 299 g/mol. The Hall–Kier alpha value is -2.63. The van der Waals surface area contributed by atoms with Crippen LogP contribution in [0.1, 0.15) is 12.0 Å². The number of likely N-dealkylation sites (tertiary alicyclic amines) is 1. The summed E-state index contributed by atoms with van der Waals surface area (Å²) in [7, 11) is 0. The summed E-state index contributed by atoms with van der Waals surface area (Å²) in [6.07, 6.45) is 4.45. The predicted molar refractivity (Wildman–Crippen MR) is 79.6 cm³/mol. The van der Waals surface area contributed by atoms with Crippen LogP contribution >= 0.6 is 0 Å². The molecule has 0 saturated carbocycles. The van der Waals surface area contributed by atoms with Crippen LogP contribution in [0, 0.1) is 5.92 Å². The molecular formula is C16H17N3O3. The van der Waals surface area contributed by atoms with Gasteiger partial charge in [0.15, 0.2) is 0 Å². The minimum atomic E-state index is -0.889. The second-order valence-electron chi connectivity index (χ2n) is 5.45. The first kappa shape index (κ1) is 14.3. The maximum absolute atomic E-state index is 11.8. The van der Waals surface area contributed by atoms with E-state index >= 15 is 0 Å². The summed E-state index contributed by atoms with van der Waals surface area (Å²) in [5.74, 6) is -1.52. The van der Waals surface area contributed by atoms with Crippen molar-refractivity contribution in [1.82, 2.24) is 14.7 Å². The number of hydrogen-bond donors (Lipinski definition) is 1. The third-order valence-electron chi connectivity index (χ3n) is 3.94. The Morgan fingerprint density at radius 3 is 2.68 bits per heavy atom. The molecule has 3 rings (SSSR count). The second kappa shape index (κ2) is 6.01. The fraction of sp³-hybridized carbons (Fsp3) is 0.312. The minimum absolute atomic E-state index is 0.0689. The van der Waals surface area contributed by atoms with Crippen LogP contribution in [0.4, 0.5) is 0 Å². The van der Waals surface area contributed by atoms with E-state index in [1.165, 1.54) is 0 Å². The van der Waals surface area contributed by atoms with Crippen molar-refractivity contribution < 1.29 is 14.7 Å². The zero-order chi connectivity index (χ0) is 15.5. The molecule has 1 amide bonds. The van der Waals surface area contributed by atoms with Crippen molar-refractivity contribution in [3.63, 3.8) is 0 Å². The van der Waals surface area contributed by atoms with Gasteiger partial charge in [0.05, 0.1) is 11.6 Å². The van der Waals surface area contributed by atoms with E-state index in [2.05, 4.69) is 5.10 Å². The third kappa shape index (κ3) is 3.00. The van der Waals surface area contributed by atoms with E-state index < -0.39 is 11.9 Å². The number of carboxylic acid groups (broad SMARTS) is 1. The molecule has 6 nitrogen and oxygen atoms in total. The molecule has 2 heterocycles. The lowest BCUT2D eigenvalue weighted by molar-refractivity contribution is -0.141. The third-order valence-corrected chi connectivity index (χ3v) is 3.94. The van der Waals surface area contributed by atoms with Gasteiger partial charge in [-0.2, -0.15) is 5.10 Å². The number of aromatic nitrogens is 2. The molecule has 1 N–H and O–H groups in total. The highest BCUT2D eigenvalue weighted by molar-refractivity contribution is 5.86. The average molecular weight is 299 g/mol. The number of carbonyl (C=O) groups is 2. The SMILES string of the molecule is O=C(O)[C@H]1CC(=O)N(CCc2ccc(-n3cccn3)cc2)C1. The number of rotatable bonds is 5. The Morgan fingerprint density at radius 1 is 1.32 bits per heavy atom. The van der Waals surface area contributed by atoms with Crippen molar-refractivity contribution in [2.45, 2.75) is 12.8 Å². The Morgan fingerprint density at radius 2 is 2.09 bits per heavy atom. The van der Waals surface area contributed by atoms with E-state index in [9.17, 15) is 9.59 Å². The first-order chi connectivity index (χ1) is 10.6. The highest BCUT2D eigenvalue weighted by atomic mass is 16.4. The maximum Gasteiger partial charge on any atom is 0.308 e. The molecule has 1 atom stereocenters. The molecule has 1 saturated heterocycles. The van der Waals surface area contributed by atoms with Crippen molar-refractivity contribution >= 4 is 11.9 Å². The molecule has 1 aromatic heterocycles. The molecule has 1 aliphatic rings. The molecule has 0 spiro atoms. The summed E-state index contributed by atoms with van der Waals surface area (Å²) in [4.78, 5) is 24.3. The number of aliphatic carboxylic acids is 1. The minimum Gasteiger partial charge on any atom is -0.481 e. The van der Waals surface area contributed by atoms with Crippen molar-refractivity contribution in [3.05, 3.63) is 48.3 Å². The van der Waals surface area contributed by atoms with Gasteiger partial charge in [0, 0.05) is 31.9 Å². The Kier molecular flexibility index (Phi) is 3.91. The van der Waals surface area contributed by atoms with Crippen LogP contribution in [0.25, 0.3) is 5.69 Å². The van der Waals surface area contributed by atoms with Crippen LogP contribution in [0.3, 0.4) is 0 Å². The molecule has 0 radical (unpaired) electrons. The van der Waals surface area contributed by atoms with E-state index in [4.69, 9.17) is 5.11 Å². The molecule has 1 aromatic carbocycles. The second-order valence-corrected chi connectivity index (χ2v) is 5.45. The lowest BCUT2D eigenvalue weighted by Crippen LogP contribution is -2.28. The summed E-state index contributed by atoms with van der Waals surface area (Å²) in [5, 5.41) is 13.1. The smallest absolute Gasteiger partial charge is 0.308 e. The summed E-state index contributed by atoms with van der Waals surface area (Å²) in [5.41, 5.74) is 2.10. The Bertz CT molecular complexity index is 664.